The molecule has 0 spiro atoms. The Hall–Kier alpha value is -1.89. The molecule has 0 fully saturated rings. The SMILES string of the molecule is Cc1cc(C(=O)N(CCC#N)CC(C)C)ccn1. The molecule has 0 atom stereocenters. The second kappa shape index (κ2) is 6.75. The van der Waals surface area contributed by atoms with E-state index >= 15 is 0 Å². The first-order chi connectivity index (χ1) is 8.54. The van der Waals surface area contributed by atoms with Crippen molar-refractivity contribution in [3.05, 3.63) is 29.6 Å². The van der Waals surface area contributed by atoms with Gasteiger partial charge < -0.3 is 4.90 Å². The molecule has 0 N–H and O–H groups in total. The third-order valence-electron chi connectivity index (χ3n) is 2.51. The number of carbonyl (C=O) groups excluding carboxylic acids is 1. The number of nitrogens with zero attached hydrogens (tertiary/aromatic N) is 3. The number of hydrogen-bond acceptors (Lipinski definition) is 3. The van der Waals surface area contributed by atoms with Crippen LogP contribution in [0.2, 0.25) is 0 Å². The van der Waals surface area contributed by atoms with Gasteiger partial charge in [0.1, 0.15) is 0 Å². The molecule has 1 heterocycles. The number of pyridine rings is 1. The summed E-state index contributed by atoms with van der Waals surface area (Å²) in [4.78, 5) is 18.1. The molecule has 0 aliphatic carbocycles. The Bertz CT molecular complexity index is 449. The average molecular weight is 245 g/mol. The maximum Gasteiger partial charge on any atom is 0.254 e. The average Bonchev–Trinajstić information content (AvgIpc) is 2.33. The highest BCUT2D eigenvalue weighted by Gasteiger charge is 2.16. The maximum absolute atomic E-state index is 12.3. The number of carbonyl (C=O) groups is 1. The van der Waals surface area contributed by atoms with Gasteiger partial charge in [-0.15, -0.1) is 0 Å². The number of nitriles is 1. The van der Waals surface area contributed by atoms with Gasteiger partial charge in [-0.3, -0.25) is 9.78 Å². The summed E-state index contributed by atoms with van der Waals surface area (Å²) in [6, 6.07) is 5.58. The molecule has 0 aliphatic rings. The highest BCUT2D eigenvalue weighted by molar-refractivity contribution is 5.94. The Morgan fingerprint density at radius 3 is 2.83 bits per heavy atom. The second-order valence-corrected chi connectivity index (χ2v) is 4.74. The number of amides is 1. The maximum atomic E-state index is 12.3. The van der Waals surface area contributed by atoms with E-state index in [9.17, 15) is 4.79 Å². The smallest absolute Gasteiger partial charge is 0.254 e. The van der Waals surface area contributed by atoms with Crippen molar-refractivity contribution >= 4 is 5.91 Å². The van der Waals surface area contributed by atoms with E-state index in [0.29, 0.717) is 31.0 Å². The molecule has 18 heavy (non-hydrogen) atoms. The topological polar surface area (TPSA) is 57.0 Å². The minimum atomic E-state index is -0.0237. The van der Waals surface area contributed by atoms with E-state index in [1.54, 1.807) is 23.2 Å². The lowest BCUT2D eigenvalue weighted by atomic mass is 10.1. The molecule has 1 rings (SSSR count). The largest absolute Gasteiger partial charge is 0.337 e. The van der Waals surface area contributed by atoms with Crippen molar-refractivity contribution in [2.24, 2.45) is 5.92 Å². The van der Waals surface area contributed by atoms with Crippen LogP contribution in [0.15, 0.2) is 18.3 Å². The molecule has 0 saturated carbocycles. The Morgan fingerprint density at radius 2 is 2.28 bits per heavy atom. The van der Waals surface area contributed by atoms with Crippen LogP contribution in [-0.4, -0.2) is 28.9 Å². The van der Waals surface area contributed by atoms with Gasteiger partial charge in [-0.05, 0) is 25.0 Å². The molecule has 0 unspecified atom stereocenters. The molecule has 0 bridgehead atoms. The van der Waals surface area contributed by atoms with E-state index in [1.807, 2.05) is 6.92 Å². The minimum absolute atomic E-state index is 0.0237. The van der Waals surface area contributed by atoms with Gasteiger partial charge in [0.05, 0.1) is 12.5 Å². The van der Waals surface area contributed by atoms with Crippen molar-refractivity contribution in [1.29, 1.82) is 5.26 Å². The Balaban J connectivity index is 2.84. The van der Waals surface area contributed by atoms with E-state index in [4.69, 9.17) is 5.26 Å². The lowest BCUT2D eigenvalue weighted by molar-refractivity contribution is 0.0739. The van der Waals surface area contributed by atoms with Crippen LogP contribution in [0.3, 0.4) is 0 Å². The molecule has 1 aromatic rings. The summed E-state index contributed by atoms with van der Waals surface area (Å²) >= 11 is 0. The molecule has 4 nitrogen and oxygen atoms in total. The first-order valence-electron chi connectivity index (χ1n) is 6.13. The molecule has 4 heteroatoms. The van der Waals surface area contributed by atoms with Crippen LogP contribution in [0.25, 0.3) is 0 Å². The van der Waals surface area contributed by atoms with Crippen LogP contribution in [0.5, 0.6) is 0 Å². The number of aromatic nitrogens is 1. The molecule has 96 valence electrons. The van der Waals surface area contributed by atoms with Crippen LogP contribution >= 0.6 is 0 Å². The Kier molecular flexibility index (Phi) is 5.31. The van der Waals surface area contributed by atoms with Gasteiger partial charge in [0.2, 0.25) is 0 Å². The quantitative estimate of drug-likeness (QED) is 0.800. The van der Waals surface area contributed by atoms with Gasteiger partial charge in [0.15, 0.2) is 0 Å². The van der Waals surface area contributed by atoms with Crippen LogP contribution in [-0.2, 0) is 0 Å². The lowest BCUT2D eigenvalue weighted by Gasteiger charge is -2.23. The molecule has 0 aromatic carbocycles. The van der Waals surface area contributed by atoms with Crippen molar-refractivity contribution in [2.45, 2.75) is 27.2 Å². The Labute approximate surface area is 108 Å². The fourth-order valence-electron chi connectivity index (χ4n) is 1.76. The summed E-state index contributed by atoms with van der Waals surface area (Å²) in [5, 5.41) is 8.65. The molecular weight excluding hydrogens is 226 g/mol. The van der Waals surface area contributed by atoms with Gasteiger partial charge in [-0.25, -0.2) is 0 Å². The van der Waals surface area contributed by atoms with Gasteiger partial charge >= 0.3 is 0 Å². The van der Waals surface area contributed by atoms with Crippen molar-refractivity contribution in [2.75, 3.05) is 13.1 Å². The van der Waals surface area contributed by atoms with Crippen molar-refractivity contribution in [3.63, 3.8) is 0 Å². The van der Waals surface area contributed by atoms with Crippen molar-refractivity contribution in [3.8, 4) is 6.07 Å². The number of aryl methyl sites for hydroxylation is 1. The zero-order valence-electron chi connectivity index (χ0n) is 11.2. The zero-order chi connectivity index (χ0) is 13.5. The van der Waals surface area contributed by atoms with Gasteiger partial charge in [-0.2, -0.15) is 5.26 Å². The summed E-state index contributed by atoms with van der Waals surface area (Å²) in [5.74, 6) is 0.361. The predicted octanol–water partition coefficient (Wildman–Crippen LogP) is 2.40. The van der Waals surface area contributed by atoms with Gasteiger partial charge in [0, 0.05) is 30.5 Å². The van der Waals surface area contributed by atoms with Crippen molar-refractivity contribution < 1.29 is 4.79 Å². The highest BCUT2D eigenvalue weighted by atomic mass is 16.2. The fraction of sp³-hybridized carbons (Fsp3) is 0.500. The van der Waals surface area contributed by atoms with E-state index in [2.05, 4.69) is 24.9 Å². The summed E-state index contributed by atoms with van der Waals surface area (Å²) in [6.45, 7) is 7.13. The third-order valence-corrected chi connectivity index (χ3v) is 2.51. The predicted molar refractivity (Wildman–Crippen MR) is 69.9 cm³/mol. The molecule has 1 aromatic heterocycles. The first-order valence-corrected chi connectivity index (χ1v) is 6.13. The monoisotopic (exact) mass is 245 g/mol. The van der Waals surface area contributed by atoms with Crippen LogP contribution < -0.4 is 0 Å². The molecule has 1 amide bonds. The summed E-state index contributed by atoms with van der Waals surface area (Å²) < 4.78 is 0. The first kappa shape index (κ1) is 14.2. The molecule has 0 aliphatic heterocycles. The standard InChI is InChI=1S/C14H19N3O/c1-11(2)10-17(8-4-6-15)14(18)13-5-7-16-12(3)9-13/h5,7,9,11H,4,8,10H2,1-3H3. The summed E-state index contributed by atoms with van der Waals surface area (Å²) in [5.41, 5.74) is 1.46. The van der Waals surface area contributed by atoms with Crippen molar-refractivity contribution in [1.82, 2.24) is 9.88 Å². The second-order valence-electron chi connectivity index (χ2n) is 4.74. The normalized spacial score (nSPS) is 10.2. The molecular formula is C14H19N3O. The fourth-order valence-corrected chi connectivity index (χ4v) is 1.76. The van der Waals surface area contributed by atoms with E-state index < -0.39 is 0 Å². The number of hydrogen-bond donors (Lipinski definition) is 0. The number of rotatable bonds is 5. The zero-order valence-corrected chi connectivity index (χ0v) is 11.2. The highest BCUT2D eigenvalue weighted by Crippen LogP contribution is 2.09. The van der Waals surface area contributed by atoms with Gasteiger partial charge in [0.25, 0.3) is 5.91 Å². The van der Waals surface area contributed by atoms with Gasteiger partial charge in [-0.1, -0.05) is 13.8 Å². The Morgan fingerprint density at radius 1 is 1.56 bits per heavy atom. The molecule has 0 radical (unpaired) electrons. The summed E-state index contributed by atoms with van der Waals surface area (Å²) in [6.07, 6.45) is 2.00. The third kappa shape index (κ3) is 4.17. The van der Waals surface area contributed by atoms with E-state index in [1.165, 1.54) is 0 Å². The summed E-state index contributed by atoms with van der Waals surface area (Å²) in [7, 11) is 0. The van der Waals surface area contributed by atoms with E-state index in [-0.39, 0.29) is 5.91 Å². The lowest BCUT2D eigenvalue weighted by Crippen LogP contribution is -2.35. The van der Waals surface area contributed by atoms with E-state index in [0.717, 1.165) is 5.69 Å². The van der Waals surface area contributed by atoms with Crippen LogP contribution in [0.1, 0.15) is 36.3 Å². The minimum Gasteiger partial charge on any atom is -0.337 e. The van der Waals surface area contributed by atoms with Crippen LogP contribution in [0.4, 0.5) is 0 Å². The molecule has 0 saturated heterocycles. The van der Waals surface area contributed by atoms with Crippen LogP contribution in [0, 0.1) is 24.2 Å².